The Balaban J connectivity index is 2.26. The molecule has 3 heteroatoms. The molecular formula is C17H26N3+. The normalized spacial score (nSPS) is 10.9. The molecule has 20 heavy (non-hydrogen) atoms. The zero-order chi connectivity index (χ0) is 14.4. The van der Waals surface area contributed by atoms with Crippen LogP contribution in [0.15, 0.2) is 24.7 Å². The highest BCUT2D eigenvalue weighted by atomic mass is 15.0. The molecule has 108 valence electrons. The maximum Gasteiger partial charge on any atom is 0.181 e. The standard InChI is InChI=1S/C17H26N3/c1-4-6-16-10-14(3)11-17(7-5-2)20(16)9-8-15-12-18-13-19-15/h10-13H,4-9H2,1-3H3,(H,18,19)/q+1. The number of nitrogens with one attached hydrogen (secondary N) is 1. The van der Waals surface area contributed by atoms with Crippen LogP contribution < -0.4 is 4.57 Å². The van der Waals surface area contributed by atoms with Crippen molar-refractivity contribution in [1.29, 1.82) is 0 Å². The predicted octanol–water partition coefficient (Wildman–Crippen LogP) is 3.15. The average Bonchev–Trinajstić information content (AvgIpc) is 2.91. The minimum absolute atomic E-state index is 1.02. The quantitative estimate of drug-likeness (QED) is 0.772. The van der Waals surface area contributed by atoms with Gasteiger partial charge in [0, 0.05) is 43.3 Å². The fourth-order valence-electron chi connectivity index (χ4n) is 2.77. The van der Waals surface area contributed by atoms with E-state index < -0.39 is 0 Å². The molecule has 0 aliphatic rings. The van der Waals surface area contributed by atoms with Crippen molar-refractivity contribution >= 4 is 0 Å². The van der Waals surface area contributed by atoms with Gasteiger partial charge in [-0.2, -0.15) is 4.57 Å². The summed E-state index contributed by atoms with van der Waals surface area (Å²) in [6.07, 6.45) is 9.39. The van der Waals surface area contributed by atoms with Crippen LogP contribution in [0.5, 0.6) is 0 Å². The average molecular weight is 272 g/mol. The highest BCUT2D eigenvalue weighted by Crippen LogP contribution is 2.08. The summed E-state index contributed by atoms with van der Waals surface area (Å²) in [5.41, 5.74) is 5.53. The van der Waals surface area contributed by atoms with Crippen molar-refractivity contribution < 1.29 is 4.57 Å². The Kier molecular flexibility index (Phi) is 5.33. The van der Waals surface area contributed by atoms with Gasteiger partial charge in [-0.05, 0) is 25.3 Å². The molecular weight excluding hydrogens is 246 g/mol. The van der Waals surface area contributed by atoms with Gasteiger partial charge < -0.3 is 4.98 Å². The van der Waals surface area contributed by atoms with Crippen molar-refractivity contribution in [3.8, 4) is 0 Å². The van der Waals surface area contributed by atoms with Gasteiger partial charge in [0.15, 0.2) is 17.9 Å². The van der Waals surface area contributed by atoms with E-state index in [2.05, 4.69) is 47.4 Å². The summed E-state index contributed by atoms with van der Waals surface area (Å²) in [5.74, 6) is 0. The molecule has 3 nitrogen and oxygen atoms in total. The van der Waals surface area contributed by atoms with Crippen molar-refractivity contribution in [3.05, 3.63) is 47.3 Å². The van der Waals surface area contributed by atoms with Crippen molar-refractivity contribution in [2.75, 3.05) is 0 Å². The SMILES string of the molecule is CCCc1cc(C)cc(CCC)[n+]1CCc1cnc[nH]1. The van der Waals surface area contributed by atoms with Crippen LogP contribution in [0.3, 0.4) is 0 Å². The van der Waals surface area contributed by atoms with E-state index in [1.807, 2.05) is 6.20 Å². The van der Waals surface area contributed by atoms with Crippen LogP contribution in [0.2, 0.25) is 0 Å². The fraction of sp³-hybridized carbons (Fsp3) is 0.529. The number of nitrogens with zero attached hydrogens (tertiary/aromatic N) is 2. The molecule has 0 atom stereocenters. The number of pyridine rings is 1. The van der Waals surface area contributed by atoms with Crippen LogP contribution in [-0.2, 0) is 25.8 Å². The van der Waals surface area contributed by atoms with E-state index in [0.29, 0.717) is 0 Å². The summed E-state index contributed by atoms with van der Waals surface area (Å²) in [5, 5.41) is 0. The molecule has 2 aromatic rings. The maximum absolute atomic E-state index is 4.10. The number of hydrogen-bond donors (Lipinski definition) is 1. The molecule has 0 saturated heterocycles. The molecule has 0 amide bonds. The number of H-pyrrole nitrogens is 1. The lowest BCUT2D eigenvalue weighted by atomic mass is 10.1. The van der Waals surface area contributed by atoms with Gasteiger partial charge in [0.1, 0.15) is 0 Å². The van der Waals surface area contributed by atoms with Gasteiger partial charge in [-0.3, -0.25) is 0 Å². The molecule has 0 unspecified atom stereocenters. The summed E-state index contributed by atoms with van der Waals surface area (Å²) < 4.78 is 2.51. The number of aromatic amines is 1. The summed E-state index contributed by atoms with van der Waals surface area (Å²) in [4.78, 5) is 7.30. The number of aromatic nitrogens is 3. The lowest BCUT2D eigenvalue weighted by Crippen LogP contribution is -2.43. The summed E-state index contributed by atoms with van der Waals surface area (Å²) in [6.45, 7) is 7.74. The van der Waals surface area contributed by atoms with Gasteiger partial charge in [0.05, 0.1) is 6.33 Å². The van der Waals surface area contributed by atoms with Crippen molar-refractivity contribution in [2.45, 2.75) is 59.4 Å². The van der Waals surface area contributed by atoms with Crippen molar-refractivity contribution in [1.82, 2.24) is 9.97 Å². The third kappa shape index (κ3) is 3.69. The lowest BCUT2D eigenvalue weighted by molar-refractivity contribution is -0.710. The smallest absolute Gasteiger partial charge is 0.181 e. The summed E-state index contributed by atoms with van der Waals surface area (Å²) in [7, 11) is 0. The van der Waals surface area contributed by atoms with Gasteiger partial charge in [-0.1, -0.05) is 13.8 Å². The number of hydrogen-bond acceptors (Lipinski definition) is 1. The second-order valence-corrected chi connectivity index (χ2v) is 5.49. The van der Waals surface area contributed by atoms with E-state index in [4.69, 9.17) is 0 Å². The van der Waals surface area contributed by atoms with Crippen molar-refractivity contribution in [2.24, 2.45) is 0 Å². The van der Waals surface area contributed by atoms with E-state index >= 15 is 0 Å². The number of rotatable bonds is 7. The van der Waals surface area contributed by atoms with Crippen LogP contribution in [0, 0.1) is 6.92 Å². The zero-order valence-electron chi connectivity index (χ0n) is 12.9. The molecule has 0 aliphatic heterocycles. The largest absolute Gasteiger partial charge is 0.348 e. The Morgan fingerprint density at radius 3 is 2.20 bits per heavy atom. The van der Waals surface area contributed by atoms with Crippen LogP contribution in [0.4, 0.5) is 0 Å². The van der Waals surface area contributed by atoms with Crippen LogP contribution in [0.1, 0.15) is 49.3 Å². The molecule has 0 bridgehead atoms. The molecule has 0 aromatic carbocycles. The molecule has 2 heterocycles. The molecule has 0 saturated carbocycles. The first-order valence-corrected chi connectivity index (χ1v) is 7.74. The van der Waals surface area contributed by atoms with Crippen LogP contribution in [-0.4, -0.2) is 9.97 Å². The first-order chi connectivity index (χ1) is 9.74. The van der Waals surface area contributed by atoms with E-state index in [1.165, 1.54) is 35.5 Å². The van der Waals surface area contributed by atoms with Crippen LogP contribution in [0.25, 0.3) is 0 Å². The third-order valence-corrected chi connectivity index (χ3v) is 3.65. The molecule has 0 aliphatic carbocycles. The highest BCUT2D eigenvalue weighted by Gasteiger charge is 2.17. The Morgan fingerprint density at radius 1 is 1.05 bits per heavy atom. The van der Waals surface area contributed by atoms with Gasteiger partial charge in [0.2, 0.25) is 0 Å². The van der Waals surface area contributed by atoms with E-state index in [0.717, 1.165) is 25.8 Å². The van der Waals surface area contributed by atoms with Gasteiger partial charge >= 0.3 is 0 Å². The predicted molar refractivity (Wildman–Crippen MR) is 81.7 cm³/mol. The van der Waals surface area contributed by atoms with Gasteiger partial charge in [-0.25, -0.2) is 4.98 Å². The Labute approximate surface area is 122 Å². The first kappa shape index (κ1) is 14.8. The molecule has 0 spiro atoms. The van der Waals surface area contributed by atoms with Gasteiger partial charge in [0.25, 0.3) is 0 Å². The van der Waals surface area contributed by atoms with Crippen LogP contribution >= 0.6 is 0 Å². The number of imidazole rings is 1. The molecule has 0 radical (unpaired) electrons. The topological polar surface area (TPSA) is 32.6 Å². The maximum atomic E-state index is 4.10. The van der Waals surface area contributed by atoms with E-state index in [9.17, 15) is 0 Å². The highest BCUT2D eigenvalue weighted by molar-refractivity contribution is 5.15. The molecule has 2 rings (SSSR count). The lowest BCUT2D eigenvalue weighted by Gasteiger charge is -2.09. The zero-order valence-corrected chi connectivity index (χ0v) is 12.9. The number of aryl methyl sites for hydroxylation is 4. The molecule has 1 N–H and O–H groups in total. The Bertz CT molecular complexity index is 502. The van der Waals surface area contributed by atoms with Crippen molar-refractivity contribution in [3.63, 3.8) is 0 Å². The Hall–Kier alpha value is -1.64. The minimum Gasteiger partial charge on any atom is -0.348 e. The molecule has 2 aromatic heterocycles. The second-order valence-electron chi connectivity index (χ2n) is 5.49. The third-order valence-electron chi connectivity index (χ3n) is 3.65. The minimum atomic E-state index is 1.02. The fourth-order valence-corrected chi connectivity index (χ4v) is 2.77. The first-order valence-electron chi connectivity index (χ1n) is 7.74. The van der Waals surface area contributed by atoms with Gasteiger partial charge in [-0.15, -0.1) is 0 Å². The van der Waals surface area contributed by atoms with E-state index in [1.54, 1.807) is 6.33 Å². The molecule has 0 fully saturated rings. The Morgan fingerprint density at radius 2 is 1.70 bits per heavy atom. The van der Waals surface area contributed by atoms with E-state index in [-0.39, 0.29) is 0 Å². The second kappa shape index (κ2) is 7.22. The monoisotopic (exact) mass is 272 g/mol. The summed E-state index contributed by atoms with van der Waals surface area (Å²) in [6, 6.07) is 4.69. The summed E-state index contributed by atoms with van der Waals surface area (Å²) >= 11 is 0.